The van der Waals surface area contributed by atoms with Crippen molar-refractivity contribution < 1.29 is 0 Å². The normalized spacial score (nSPS) is 15.7. The Hall–Kier alpha value is -1.60. The number of nitrogens with zero attached hydrogens (tertiary/aromatic N) is 6. The predicted molar refractivity (Wildman–Crippen MR) is 96.7 cm³/mol. The first-order chi connectivity index (χ1) is 10.7. The second-order valence-corrected chi connectivity index (χ2v) is 5.74. The second-order valence-electron chi connectivity index (χ2n) is 5.74. The summed E-state index contributed by atoms with van der Waals surface area (Å²) < 4.78 is 1.81. The smallest absolute Gasteiger partial charge is 0.229 e. The fraction of sp³-hybridized carbons (Fsp3) is 0.667. The van der Waals surface area contributed by atoms with E-state index in [0.29, 0.717) is 0 Å². The van der Waals surface area contributed by atoms with Gasteiger partial charge in [0.2, 0.25) is 5.95 Å². The molecule has 0 amide bonds. The van der Waals surface area contributed by atoms with Crippen LogP contribution in [0, 0.1) is 0 Å². The monoisotopic (exact) mass is 339 g/mol. The van der Waals surface area contributed by atoms with Gasteiger partial charge in [-0.05, 0) is 19.9 Å². The number of halogens is 1. The molecule has 2 aromatic rings. The molecule has 23 heavy (non-hydrogen) atoms. The number of fused-ring (bicyclic) bond motifs is 1. The summed E-state index contributed by atoms with van der Waals surface area (Å²) in [5.41, 5.74) is 0.886. The molecule has 1 aliphatic rings. The van der Waals surface area contributed by atoms with E-state index < -0.39 is 0 Å². The van der Waals surface area contributed by atoms with Gasteiger partial charge in [-0.3, -0.25) is 9.58 Å². The minimum atomic E-state index is 0. The Balaban J connectivity index is 0.00000192. The Bertz CT molecular complexity index is 634. The summed E-state index contributed by atoms with van der Waals surface area (Å²) in [7, 11) is 1.92. The van der Waals surface area contributed by atoms with E-state index in [4.69, 9.17) is 9.97 Å². The lowest BCUT2D eigenvalue weighted by Crippen LogP contribution is -2.47. The third-order valence-electron chi connectivity index (χ3n) is 4.12. The zero-order valence-corrected chi connectivity index (χ0v) is 14.9. The molecule has 3 heterocycles. The van der Waals surface area contributed by atoms with Gasteiger partial charge in [-0.15, -0.1) is 12.4 Å². The standard InChI is InChI=1S/C15H25N7.ClH/c1-4-6-21-7-9-22(10-8-21)15-18-13(16-5-2)12-11-17-20(3)14(12)19-15;/h11H,4-10H2,1-3H3,(H,16,18,19);1H. The molecule has 0 spiro atoms. The van der Waals surface area contributed by atoms with Crippen LogP contribution in [0.5, 0.6) is 0 Å². The molecule has 8 heteroatoms. The van der Waals surface area contributed by atoms with Crippen molar-refractivity contribution in [2.45, 2.75) is 20.3 Å². The number of piperazine rings is 1. The van der Waals surface area contributed by atoms with Crippen LogP contribution in [-0.4, -0.2) is 63.9 Å². The van der Waals surface area contributed by atoms with E-state index in [1.807, 2.05) is 17.9 Å². The van der Waals surface area contributed by atoms with Crippen molar-refractivity contribution in [1.29, 1.82) is 0 Å². The molecular formula is C15H26ClN7. The van der Waals surface area contributed by atoms with E-state index >= 15 is 0 Å². The lowest BCUT2D eigenvalue weighted by atomic mass is 10.3. The summed E-state index contributed by atoms with van der Waals surface area (Å²) in [6.07, 6.45) is 3.04. The Kier molecular flexibility index (Phi) is 6.01. The summed E-state index contributed by atoms with van der Waals surface area (Å²) in [6.45, 7) is 10.4. The van der Waals surface area contributed by atoms with E-state index in [1.165, 1.54) is 13.0 Å². The molecule has 1 N–H and O–H groups in total. The number of aryl methyl sites for hydroxylation is 1. The van der Waals surface area contributed by atoms with Gasteiger partial charge in [0.25, 0.3) is 0 Å². The van der Waals surface area contributed by atoms with Gasteiger partial charge in [0.05, 0.1) is 11.6 Å². The molecule has 0 aromatic carbocycles. The highest BCUT2D eigenvalue weighted by atomic mass is 35.5. The van der Waals surface area contributed by atoms with Gasteiger partial charge in [-0.2, -0.15) is 15.1 Å². The molecule has 3 rings (SSSR count). The minimum absolute atomic E-state index is 0. The summed E-state index contributed by atoms with van der Waals surface area (Å²) in [5.74, 6) is 1.69. The number of anilines is 2. The average molecular weight is 340 g/mol. The van der Waals surface area contributed by atoms with Crippen molar-refractivity contribution in [2.24, 2.45) is 7.05 Å². The highest BCUT2D eigenvalue weighted by molar-refractivity contribution is 5.87. The van der Waals surface area contributed by atoms with E-state index in [-0.39, 0.29) is 12.4 Å². The van der Waals surface area contributed by atoms with Crippen molar-refractivity contribution in [3.63, 3.8) is 0 Å². The largest absolute Gasteiger partial charge is 0.370 e. The summed E-state index contributed by atoms with van der Waals surface area (Å²) >= 11 is 0. The van der Waals surface area contributed by atoms with Crippen molar-refractivity contribution in [2.75, 3.05) is 49.5 Å². The van der Waals surface area contributed by atoms with Crippen LogP contribution in [0.3, 0.4) is 0 Å². The maximum Gasteiger partial charge on any atom is 0.229 e. The number of hydrogen-bond donors (Lipinski definition) is 1. The SMILES string of the molecule is CCCN1CCN(c2nc(NCC)c3cnn(C)c3n2)CC1.Cl. The molecule has 7 nitrogen and oxygen atoms in total. The molecule has 0 saturated carbocycles. The molecule has 1 fully saturated rings. The van der Waals surface area contributed by atoms with E-state index in [0.717, 1.165) is 55.5 Å². The zero-order valence-electron chi connectivity index (χ0n) is 14.1. The lowest BCUT2D eigenvalue weighted by molar-refractivity contribution is 0.257. The number of rotatable bonds is 5. The molecule has 1 saturated heterocycles. The minimum Gasteiger partial charge on any atom is -0.370 e. The van der Waals surface area contributed by atoms with Crippen LogP contribution in [0.1, 0.15) is 20.3 Å². The summed E-state index contributed by atoms with van der Waals surface area (Å²) in [4.78, 5) is 14.2. The molecule has 128 valence electrons. The van der Waals surface area contributed by atoms with Crippen LogP contribution in [0.15, 0.2) is 6.20 Å². The van der Waals surface area contributed by atoms with Crippen molar-refractivity contribution in [3.8, 4) is 0 Å². The van der Waals surface area contributed by atoms with Crippen LogP contribution >= 0.6 is 12.4 Å². The van der Waals surface area contributed by atoms with Crippen LogP contribution in [0.2, 0.25) is 0 Å². The Morgan fingerprint density at radius 2 is 1.87 bits per heavy atom. The van der Waals surface area contributed by atoms with Crippen molar-refractivity contribution in [1.82, 2.24) is 24.6 Å². The first-order valence-electron chi connectivity index (χ1n) is 8.13. The van der Waals surface area contributed by atoms with Crippen LogP contribution < -0.4 is 10.2 Å². The fourth-order valence-electron chi connectivity index (χ4n) is 2.94. The van der Waals surface area contributed by atoms with E-state index in [1.54, 1.807) is 0 Å². The van der Waals surface area contributed by atoms with Gasteiger partial charge >= 0.3 is 0 Å². The molecule has 0 unspecified atom stereocenters. The topological polar surface area (TPSA) is 62.1 Å². The molecule has 1 aliphatic heterocycles. The Morgan fingerprint density at radius 3 is 2.52 bits per heavy atom. The second kappa shape index (κ2) is 7.79. The van der Waals surface area contributed by atoms with Gasteiger partial charge in [-0.25, -0.2) is 0 Å². The molecule has 0 atom stereocenters. The molecule has 0 aliphatic carbocycles. The van der Waals surface area contributed by atoms with E-state index in [9.17, 15) is 0 Å². The van der Waals surface area contributed by atoms with Gasteiger partial charge in [0.1, 0.15) is 5.82 Å². The third kappa shape index (κ3) is 3.67. The van der Waals surface area contributed by atoms with Crippen molar-refractivity contribution in [3.05, 3.63) is 6.20 Å². The van der Waals surface area contributed by atoms with Gasteiger partial charge < -0.3 is 10.2 Å². The summed E-state index contributed by atoms with van der Waals surface area (Å²) in [6, 6.07) is 0. The highest BCUT2D eigenvalue weighted by Gasteiger charge is 2.20. The first kappa shape index (κ1) is 17.7. The fourth-order valence-corrected chi connectivity index (χ4v) is 2.94. The van der Waals surface area contributed by atoms with Crippen LogP contribution in [0.25, 0.3) is 11.0 Å². The lowest BCUT2D eigenvalue weighted by Gasteiger charge is -2.34. The first-order valence-corrected chi connectivity index (χ1v) is 8.13. The molecular weight excluding hydrogens is 314 g/mol. The molecule has 0 radical (unpaired) electrons. The third-order valence-corrected chi connectivity index (χ3v) is 4.12. The maximum atomic E-state index is 4.73. The zero-order chi connectivity index (χ0) is 15.5. The van der Waals surface area contributed by atoms with Crippen LogP contribution in [-0.2, 0) is 7.05 Å². The number of aromatic nitrogens is 4. The van der Waals surface area contributed by atoms with Gasteiger partial charge in [0.15, 0.2) is 5.65 Å². The quantitative estimate of drug-likeness (QED) is 0.895. The molecule has 0 bridgehead atoms. The highest BCUT2D eigenvalue weighted by Crippen LogP contribution is 2.23. The Labute approximate surface area is 143 Å². The molecule has 2 aromatic heterocycles. The van der Waals surface area contributed by atoms with Crippen molar-refractivity contribution >= 4 is 35.2 Å². The van der Waals surface area contributed by atoms with Gasteiger partial charge in [-0.1, -0.05) is 6.92 Å². The summed E-state index contributed by atoms with van der Waals surface area (Å²) in [5, 5.41) is 8.62. The number of nitrogens with one attached hydrogen (secondary N) is 1. The average Bonchev–Trinajstić information content (AvgIpc) is 2.90. The van der Waals surface area contributed by atoms with Gasteiger partial charge in [0, 0.05) is 39.8 Å². The number of hydrogen-bond acceptors (Lipinski definition) is 6. The Morgan fingerprint density at radius 1 is 1.13 bits per heavy atom. The van der Waals surface area contributed by atoms with Crippen LogP contribution in [0.4, 0.5) is 11.8 Å². The maximum absolute atomic E-state index is 4.73. The predicted octanol–water partition coefficient (Wildman–Crippen LogP) is 1.75. The van der Waals surface area contributed by atoms with E-state index in [2.05, 4.69) is 34.1 Å².